The normalized spacial score (nSPS) is 15.9. The Hall–Kier alpha value is -4.60. The van der Waals surface area contributed by atoms with E-state index in [9.17, 15) is 0 Å². The van der Waals surface area contributed by atoms with Gasteiger partial charge in [0.25, 0.3) is 0 Å². The van der Waals surface area contributed by atoms with Gasteiger partial charge < -0.3 is 14.0 Å². The summed E-state index contributed by atoms with van der Waals surface area (Å²) in [5, 5.41) is 5.27. The number of nitrogens with zero attached hydrogens (tertiary/aromatic N) is 1. The molecule has 3 heteroatoms. The van der Waals surface area contributed by atoms with E-state index in [1.165, 1.54) is 111 Å². The molecule has 0 aromatic heterocycles. The van der Waals surface area contributed by atoms with E-state index in [-0.39, 0.29) is 0 Å². The largest absolute Gasteiger partial charge is 0.497 e. The van der Waals surface area contributed by atoms with Crippen molar-refractivity contribution in [2.24, 2.45) is 0 Å². The highest BCUT2D eigenvalue weighted by molar-refractivity contribution is 6.12. The second kappa shape index (κ2) is 12.0. The first-order chi connectivity index (χ1) is 22.7. The van der Waals surface area contributed by atoms with Gasteiger partial charge in [-0.3, -0.25) is 0 Å². The van der Waals surface area contributed by atoms with E-state index in [2.05, 4.69) is 109 Å². The number of hydrogen-bond acceptors (Lipinski definition) is 2. The molecular formula is C43H42NO2+. The standard InChI is InChI=1S/C43H42NO2/c1-45-34-20-16-30(17-21-34)38-26-32-12-6-8-14-36(32)42-40(38)28-44(24-10-4-3-5-11-25-44)29-41-39(31-18-22-35(46-2)23-19-31)27-33-13-7-9-15-37(33)43(41)42/h6-9,12-23,26-27H,3-5,10-11,24-25,28-29H2,1-2H3/q+1. The number of fused-ring (bicyclic) bond motifs is 7. The van der Waals surface area contributed by atoms with Crippen LogP contribution in [-0.4, -0.2) is 31.8 Å². The summed E-state index contributed by atoms with van der Waals surface area (Å²) in [5.41, 5.74) is 11.0. The summed E-state index contributed by atoms with van der Waals surface area (Å²) >= 11 is 0. The number of rotatable bonds is 4. The fourth-order valence-electron chi connectivity index (χ4n) is 8.32. The van der Waals surface area contributed by atoms with Crippen molar-refractivity contribution in [3.63, 3.8) is 0 Å². The van der Waals surface area contributed by atoms with Crippen LogP contribution in [0, 0.1) is 0 Å². The van der Waals surface area contributed by atoms with E-state index in [1.54, 1.807) is 14.2 Å². The van der Waals surface area contributed by atoms with Gasteiger partial charge >= 0.3 is 0 Å². The van der Waals surface area contributed by atoms with Gasteiger partial charge in [0, 0.05) is 22.3 Å². The van der Waals surface area contributed by atoms with E-state index in [0.29, 0.717) is 0 Å². The first kappa shape index (κ1) is 28.8. The minimum absolute atomic E-state index is 0.892. The molecule has 3 nitrogen and oxygen atoms in total. The van der Waals surface area contributed by atoms with Crippen molar-refractivity contribution in [2.45, 2.75) is 45.2 Å². The summed E-state index contributed by atoms with van der Waals surface area (Å²) < 4.78 is 12.3. The minimum Gasteiger partial charge on any atom is -0.497 e. The second-order valence-electron chi connectivity index (χ2n) is 13.3. The van der Waals surface area contributed by atoms with Crippen molar-refractivity contribution in [3.8, 4) is 44.9 Å². The molecule has 0 bridgehead atoms. The van der Waals surface area contributed by atoms with E-state index >= 15 is 0 Å². The van der Waals surface area contributed by atoms with Gasteiger partial charge in [-0.05, 0) is 106 Å². The molecule has 6 aromatic carbocycles. The maximum absolute atomic E-state index is 5.58. The molecule has 0 saturated carbocycles. The molecule has 0 aliphatic carbocycles. The third kappa shape index (κ3) is 5.04. The lowest BCUT2D eigenvalue weighted by molar-refractivity contribution is -0.954. The van der Waals surface area contributed by atoms with Gasteiger partial charge in [-0.15, -0.1) is 0 Å². The van der Waals surface area contributed by atoms with Crippen LogP contribution in [0.2, 0.25) is 0 Å². The summed E-state index contributed by atoms with van der Waals surface area (Å²) in [5.74, 6) is 1.78. The lowest BCUT2D eigenvalue weighted by atomic mass is 9.82. The van der Waals surface area contributed by atoms with Gasteiger partial charge in [-0.25, -0.2) is 0 Å². The molecule has 0 N–H and O–H groups in total. The fraction of sp³-hybridized carbons (Fsp3) is 0.256. The monoisotopic (exact) mass is 604 g/mol. The van der Waals surface area contributed by atoms with Crippen LogP contribution in [0.5, 0.6) is 11.5 Å². The average Bonchev–Trinajstić information content (AvgIpc) is 3.25. The molecule has 0 radical (unpaired) electrons. The molecule has 0 amide bonds. The summed E-state index contributed by atoms with van der Waals surface area (Å²) in [4.78, 5) is 0. The van der Waals surface area contributed by atoms with Crippen LogP contribution in [0.25, 0.3) is 54.9 Å². The Morgan fingerprint density at radius 1 is 0.478 bits per heavy atom. The number of methoxy groups -OCH3 is 2. The van der Waals surface area contributed by atoms with Crippen LogP contribution in [0.15, 0.2) is 109 Å². The molecule has 46 heavy (non-hydrogen) atoms. The molecule has 6 aromatic rings. The maximum atomic E-state index is 5.58. The molecule has 0 atom stereocenters. The van der Waals surface area contributed by atoms with Crippen molar-refractivity contribution in [1.29, 1.82) is 0 Å². The van der Waals surface area contributed by atoms with Gasteiger partial charge in [0.2, 0.25) is 0 Å². The van der Waals surface area contributed by atoms with Crippen LogP contribution in [0.3, 0.4) is 0 Å². The minimum atomic E-state index is 0.892. The summed E-state index contributed by atoms with van der Waals surface area (Å²) in [6.45, 7) is 4.49. The zero-order chi connectivity index (χ0) is 31.1. The van der Waals surface area contributed by atoms with Crippen LogP contribution < -0.4 is 9.47 Å². The highest BCUT2D eigenvalue weighted by Crippen LogP contribution is 2.50. The third-order valence-corrected chi connectivity index (χ3v) is 10.6. The highest BCUT2D eigenvalue weighted by Gasteiger charge is 2.38. The average molecular weight is 605 g/mol. The topological polar surface area (TPSA) is 18.5 Å². The van der Waals surface area contributed by atoms with E-state index in [4.69, 9.17) is 9.47 Å². The van der Waals surface area contributed by atoms with Gasteiger partial charge in [0.1, 0.15) is 24.6 Å². The molecule has 1 fully saturated rings. The van der Waals surface area contributed by atoms with Crippen molar-refractivity contribution < 1.29 is 14.0 Å². The Balaban J connectivity index is 1.51. The van der Waals surface area contributed by atoms with Crippen LogP contribution >= 0.6 is 0 Å². The van der Waals surface area contributed by atoms with E-state index in [0.717, 1.165) is 29.1 Å². The van der Waals surface area contributed by atoms with E-state index in [1.807, 2.05) is 0 Å². The number of ether oxygens (including phenoxy) is 2. The van der Waals surface area contributed by atoms with Gasteiger partial charge in [-0.1, -0.05) is 79.2 Å². The fourth-order valence-corrected chi connectivity index (χ4v) is 8.32. The summed E-state index contributed by atoms with van der Waals surface area (Å²) in [6, 6.07) is 40.4. The number of benzene rings is 6. The zero-order valence-corrected chi connectivity index (χ0v) is 27.0. The smallest absolute Gasteiger partial charge is 0.118 e. The second-order valence-corrected chi connectivity index (χ2v) is 13.3. The molecule has 1 saturated heterocycles. The molecular weight excluding hydrogens is 562 g/mol. The molecule has 1 spiro atoms. The predicted molar refractivity (Wildman–Crippen MR) is 191 cm³/mol. The number of quaternary nitrogens is 1. The number of hydrogen-bond donors (Lipinski definition) is 0. The Morgan fingerprint density at radius 2 is 0.891 bits per heavy atom. The lowest BCUT2D eigenvalue weighted by Gasteiger charge is -2.40. The molecule has 8 rings (SSSR count). The Morgan fingerprint density at radius 3 is 1.33 bits per heavy atom. The predicted octanol–water partition coefficient (Wildman–Crippen LogP) is 10.8. The Labute approximate surface area is 272 Å². The Bertz CT molecular complexity index is 1890. The SMILES string of the molecule is COc1ccc(-c2cc3ccccc3c3c2C[N+]2(CCCCCCC2)Cc2c(-c4ccc(OC)cc4)cc4ccccc4c2-3)cc1. The summed E-state index contributed by atoms with van der Waals surface area (Å²) in [7, 11) is 3.49. The van der Waals surface area contributed by atoms with Gasteiger partial charge in [0.05, 0.1) is 27.3 Å². The highest BCUT2D eigenvalue weighted by atomic mass is 16.5. The van der Waals surface area contributed by atoms with Crippen LogP contribution in [0.1, 0.15) is 43.2 Å². The van der Waals surface area contributed by atoms with Crippen molar-refractivity contribution >= 4 is 21.5 Å². The molecule has 0 unspecified atom stereocenters. The quantitative estimate of drug-likeness (QED) is 0.186. The molecule has 2 aliphatic rings. The van der Waals surface area contributed by atoms with E-state index < -0.39 is 0 Å². The third-order valence-electron chi connectivity index (χ3n) is 10.6. The zero-order valence-electron chi connectivity index (χ0n) is 27.0. The van der Waals surface area contributed by atoms with Crippen molar-refractivity contribution in [3.05, 3.63) is 120 Å². The van der Waals surface area contributed by atoms with Gasteiger partial charge in [-0.2, -0.15) is 0 Å². The van der Waals surface area contributed by atoms with Crippen LogP contribution in [-0.2, 0) is 13.1 Å². The van der Waals surface area contributed by atoms with Crippen LogP contribution in [0.4, 0.5) is 0 Å². The summed E-state index contributed by atoms with van der Waals surface area (Å²) in [6.07, 6.45) is 6.57. The molecule has 2 aliphatic heterocycles. The first-order valence-corrected chi connectivity index (χ1v) is 16.9. The Kier molecular flexibility index (Phi) is 7.50. The lowest BCUT2D eigenvalue weighted by Crippen LogP contribution is -2.48. The maximum Gasteiger partial charge on any atom is 0.118 e. The molecule has 2 heterocycles. The van der Waals surface area contributed by atoms with Gasteiger partial charge in [0.15, 0.2) is 0 Å². The molecule has 230 valence electrons. The van der Waals surface area contributed by atoms with Crippen molar-refractivity contribution in [1.82, 2.24) is 0 Å². The van der Waals surface area contributed by atoms with Crippen molar-refractivity contribution in [2.75, 3.05) is 27.3 Å². The first-order valence-electron chi connectivity index (χ1n) is 16.9.